The lowest BCUT2D eigenvalue weighted by Crippen LogP contribution is -2.15. The Kier molecular flexibility index (Phi) is 6.21. The topological polar surface area (TPSA) is 91.8 Å². The number of anilines is 5. The Labute approximate surface area is 188 Å². The van der Waals surface area contributed by atoms with Gasteiger partial charge in [0.1, 0.15) is 40.5 Å². The van der Waals surface area contributed by atoms with Gasteiger partial charge in [-0.2, -0.15) is 0 Å². The van der Waals surface area contributed by atoms with Crippen LogP contribution in [-0.4, -0.2) is 20.9 Å². The molecule has 0 saturated carbocycles. The molecule has 4 aromatic rings. The lowest BCUT2D eigenvalue weighted by atomic mass is 10.1. The normalized spacial score (nSPS) is 10.5. The molecule has 0 aliphatic heterocycles. The van der Waals surface area contributed by atoms with E-state index in [1.807, 2.05) is 19.1 Å². The molecule has 1 amide bonds. The van der Waals surface area contributed by atoms with Crippen LogP contribution in [0.1, 0.15) is 21.7 Å². The Bertz CT molecular complexity index is 1290. The van der Waals surface area contributed by atoms with Gasteiger partial charge in [0, 0.05) is 23.6 Å². The molecule has 3 N–H and O–H groups in total. The standard InChI is InChI=1S/C24H20F2N6O/c1-14-10-11-27-20(12-14)32-22-13-21(28-15(2)29-22)30-16-6-8-17(9-7-16)31-24(33)23-18(25)4-3-5-19(23)26/h3-13H,1-2H3,(H,31,33)(H2,27,28,29,30,32). The molecule has 33 heavy (non-hydrogen) atoms. The first-order valence-electron chi connectivity index (χ1n) is 10.1. The van der Waals surface area contributed by atoms with Crippen molar-refractivity contribution in [3.8, 4) is 0 Å². The van der Waals surface area contributed by atoms with Crippen LogP contribution in [0.4, 0.5) is 37.6 Å². The number of aromatic nitrogens is 3. The van der Waals surface area contributed by atoms with E-state index in [0.717, 1.165) is 17.7 Å². The van der Waals surface area contributed by atoms with Gasteiger partial charge in [0.2, 0.25) is 0 Å². The minimum Gasteiger partial charge on any atom is -0.340 e. The molecule has 0 aliphatic carbocycles. The van der Waals surface area contributed by atoms with Crippen LogP contribution in [0.5, 0.6) is 0 Å². The molecule has 7 nitrogen and oxygen atoms in total. The van der Waals surface area contributed by atoms with E-state index in [1.165, 1.54) is 6.07 Å². The van der Waals surface area contributed by atoms with Crippen LogP contribution in [-0.2, 0) is 0 Å². The molecule has 0 bridgehead atoms. The minimum atomic E-state index is -0.921. The summed E-state index contributed by atoms with van der Waals surface area (Å²) in [5, 5.41) is 8.82. The van der Waals surface area contributed by atoms with E-state index >= 15 is 0 Å². The summed E-state index contributed by atoms with van der Waals surface area (Å²) in [7, 11) is 0. The molecule has 2 aromatic heterocycles. The summed E-state index contributed by atoms with van der Waals surface area (Å²) in [6, 6.07) is 15.5. The van der Waals surface area contributed by atoms with E-state index in [9.17, 15) is 13.6 Å². The van der Waals surface area contributed by atoms with Crippen molar-refractivity contribution in [3.05, 3.63) is 95.4 Å². The van der Waals surface area contributed by atoms with E-state index in [1.54, 1.807) is 43.5 Å². The Morgan fingerprint density at radius 2 is 1.42 bits per heavy atom. The third-order valence-electron chi connectivity index (χ3n) is 4.61. The highest BCUT2D eigenvalue weighted by atomic mass is 19.1. The molecule has 0 radical (unpaired) electrons. The molecule has 2 aromatic carbocycles. The van der Waals surface area contributed by atoms with E-state index in [0.29, 0.717) is 34.7 Å². The average Bonchev–Trinajstić information content (AvgIpc) is 2.75. The lowest BCUT2D eigenvalue weighted by molar-refractivity contribution is 0.101. The summed E-state index contributed by atoms with van der Waals surface area (Å²) < 4.78 is 27.6. The van der Waals surface area contributed by atoms with Gasteiger partial charge in [-0.1, -0.05) is 6.07 Å². The highest BCUT2D eigenvalue weighted by molar-refractivity contribution is 6.04. The molecule has 166 valence electrons. The van der Waals surface area contributed by atoms with Gasteiger partial charge in [-0.15, -0.1) is 0 Å². The number of aryl methyl sites for hydroxylation is 2. The van der Waals surface area contributed by atoms with Crippen molar-refractivity contribution in [2.45, 2.75) is 13.8 Å². The summed E-state index contributed by atoms with van der Waals surface area (Å²) in [6.07, 6.45) is 1.71. The van der Waals surface area contributed by atoms with Gasteiger partial charge < -0.3 is 16.0 Å². The quantitative estimate of drug-likeness (QED) is 0.362. The van der Waals surface area contributed by atoms with E-state index in [-0.39, 0.29) is 0 Å². The number of pyridine rings is 1. The molecule has 0 unspecified atom stereocenters. The first kappa shape index (κ1) is 21.8. The molecule has 0 fully saturated rings. The van der Waals surface area contributed by atoms with Crippen LogP contribution in [0, 0.1) is 25.5 Å². The number of amides is 1. The molecule has 0 atom stereocenters. The zero-order valence-electron chi connectivity index (χ0n) is 17.9. The SMILES string of the molecule is Cc1ccnc(Nc2cc(Nc3ccc(NC(=O)c4c(F)cccc4F)cc3)nc(C)n2)c1. The fraction of sp³-hybridized carbons (Fsp3) is 0.0833. The van der Waals surface area contributed by atoms with Crippen molar-refractivity contribution in [1.29, 1.82) is 0 Å². The summed E-state index contributed by atoms with van der Waals surface area (Å²) in [5.74, 6) is -0.332. The molecule has 0 spiro atoms. The first-order chi connectivity index (χ1) is 15.9. The minimum absolute atomic E-state index is 0.389. The molecule has 9 heteroatoms. The average molecular weight is 446 g/mol. The smallest absolute Gasteiger partial charge is 0.261 e. The van der Waals surface area contributed by atoms with Crippen molar-refractivity contribution in [3.63, 3.8) is 0 Å². The van der Waals surface area contributed by atoms with Crippen molar-refractivity contribution in [2.75, 3.05) is 16.0 Å². The fourth-order valence-electron chi connectivity index (χ4n) is 3.12. The van der Waals surface area contributed by atoms with Crippen LogP contribution in [0.2, 0.25) is 0 Å². The van der Waals surface area contributed by atoms with Gasteiger partial charge in [-0.3, -0.25) is 4.79 Å². The maximum absolute atomic E-state index is 13.8. The fourth-order valence-corrected chi connectivity index (χ4v) is 3.12. The second-order valence-electron chi connectivity index (χ2n) is 7.28. The van der Waals surface area contributed by atoms with Gasteiger partial charge in [0.25, 0.3) is 5.91 Å². The van der Waals surface area contributed by atoms with Crippen molar-refractivity contribution in [2.24, 2.45) is 0 Å². The van der Waals surface area contributed by atoms with Gasteiger partial charge in [0.05, 0.1) is 0 Å². The van der Waals surface area contributed by atoms with Crippen molar-refractivity contribution < 1.29 is 13.6 Å². The predicted molar refractivity (Wildman–Crippen MR) is 123 cm³/mol. The Morgan fingerprint density at radius 3 is 2.09 bits per heavy atom. The molecular weight excluding hydrogens is 426 g/mol. The zero-order valence-corrected chi connectivity index (χ0v) is 17.9. The second-order valence-corrected chi connectivity index (χ2v) is 7.28. The number of carbonyl (C=O) groups excluding carboxylic acids is 1. The third-order valence-corrected chi connectivity index (χ3v) is 4.61. The van der Waals surface area contributed by atoms with Crippen LogP contribution >= 0.6 is 0 Å². The second kappa shape index (κ2) is 9.39. The van der Waals surface area contributed by atoms with Crippen LogP contribution in [0.25, 0.3) is 0 Å². The Morgan fingerprint density at radius 1 is 0.788 bits per heavy atom. The maximum atomic E-state index is 13.8. The van der Waals surface area contributed by atoms with E-state index < -0.39 is 23.1 Å². The van der Waals surface area contributed by atoms with E-state index in [4.69, 9.17) is 0 Å². The summed E-state index contributed by atoms with van der Waals surface area (Å²) in [6.45, 7) is 3.75. The summed E-state index contributed by atoms with van der Waals surface area (Å²) >= 11 is 0. The van der Waals surface area contributed by atoms with Crippen molar-refractivity contribution in [1.82, 2.24) is 15.0 Å². The van der Waals surface area contributed by atoms with Crippen molar-refractivity contribution >= 4 is 34.7 Å². The molecule has 2 heterocycles. The Balaban J connectivity index is 1.45. The number of nitrogens with one attached hydrogen (secondary N) is 3. The number of carbonyl (C=O) groups is 1. The lowest BCUT2D eigenvalue weighted by Gasteiger charge is -2.11. The molecule has 0 saturated heterocycles. The predicted octanol–water partition coefficient (Wildman–Crippen LogP) is 5.51. The van der Waals surface area contributed by atoms with E-state index in [2.05, 4.69) is 30.9 Å². The van der Waals surface area contributed by atoms with Gasteiger partial charge in [-0.05, 0) is 67.9 Å². The monoisotopic (exact) mass is 446 g/mol. The van der Waals surface area contributed by atoms with Crippen LogP contribution < -0.4 is 16.0 Å². The molecule has 0 aliphatic rings. The highest BCUT2D eigenvalue weighted by Gasteiger charge is 2.17. The number of hydrogen-bond donors (Lipinski definition) is 3. The number of rotatable bonds is 6. The molecule has 4 rings (SSSR count). The number of benzene rings is 2. The highest BCUT2D eigenvalue weighted by Crippen LogP contribution is 2.22. The number of halogens is 2. The number of nitrogens with zero attached hydrogens (tertiary/aromatic N) is 3. The summed E-state index contributed by atoms with van der Waals surface area (Å²) in [5.41, 5.74) is 1.53. The Hall–Kier alpha value is -4.40. The maximum Gasteiger partial charge on any atom is 0.261 e. The van der Waals surface area contributed by atoms with Gasteiger partial charge >= 0.3 is 0 Å². The first-order valence-corrected chi connectivity index (χ1v) is 10.1. The number of hydrogen-bond acceptors (Lipinski definition) is 6. The van der Waals surface area contributed by atoms with Crippen LogP contribution in [0.15, 0.2) is 66.9 Å². The zero-order chi connectivity index (χ0) is 23.4. The van der Waals surface area contributed by atoms with Gasteiger partial charge in [-0.25, -0.2) is 23.7 Å². The third kappa shape index (κ3) is 5.45. The molecular formula is C24H20F2N6O. The van der Waals surface area contributed by atoms with Gasteiger partial charge in [0.15, 0.2) is 0 Å². The van der Waals surface area contributed by atoms with Crippen LogP contribution in [0.3, 0.4) is 0 Å². The largest absolute Gasteiger partial charge is 0.340 e. The summed E-state index contributed by atoms with van der Waals surface area (Å²) in [4.78, 5) is 25.3.